The first-order chi connectivity index (χ1) is 13.3. The molecule has 0 saturated carbocycles. The zero-order chi connectivity index (χ0) is 18.9. The molecule has 27 heavy (non-hydrogen) atoms. The number of benzene rings is 3. The number of para-hydroxylation sites is 1. The zero-order valence-corrected chi connectivity index (χ0v) is 15.5. The molecule has 0 saturated heterocycles. The van der Waals surface area contributed by atoms with Crippen molar-refractivity contribution in [3.63, 3.8) is 0 Å². The normalized spacial score (nSPS) is 11.6. The second-order valence-corrected chi connectivity index (χ2v) is 6.28. The Labute approximate surface area is 161 Å². The molecule has 0 spiro atoms. The van der Waals surface area contributed by atoms with Gasteiger partial charge in [0.25, 0.3) is 0 Å². The van der Waals surface area contributed by atoms with E-state index in [1.807, 2.05) is 43.3 Å². The summed E-state index contributed by atoms with van der Waals surface area (Å²) in [6, 6.07) is 26.7. The third-order valence-electron chi connectivity index (χ3n) is 4.27. The summed E-state index contributed by atoms with van der Waals surface area (Å²) < 4.78 is 11.9. The maximum absolute atomic E-state index is 6.91. The molecule has 0 amide bonds. The van der Waals surface area contributed by atoms with Crippen LogP contribution in [0.2, 0.25) is 0 Å². The fraction of sp³-hybridized carbons (Fsp3) is 0.208. The van der Waals surface area contributed by atoms with Crippen molar-refractivity contribution >= 4 is 0 Å². The third-order valence-corrected chi connectivity index (χ3v) is 4.27. The van der Waals surface area contributed by atoms with Crippen LogP contribution in [-0.4, -0.2) is 25.9 Å². The second kappa shape index (κ2) is 9.56. The van der Waals surface area contributed by atoms with Crippen molar-refractivity contribution in [1.82, 2.24) is 0 Å². The fourth-order valence-electron chi connectivity index (χ4n) is 2.96. The van der Waals surface area contributed by atoms with E-state index in [0.29, 0.717) is 19.8 Å². The highest BCUT2D eigenvalue weighted by Crippen LogP contribution is 2.38. The molecule has 0 radical (unpaired) electrons. The van der Waals surface area contributed by atoms with Gasteiger partial charge >= 0.3 is 0 Å². The summed E-state index contributed by atoms with van der Waals surface area (Å²) in [5.74, 6) is 0.858. The molecular weight excluding hydrogens is 334 g/mol. The quantitative estimate of drug-likeness (QED) is 0.380. The minimum Gasteiger partial charge on any atom is -0.490 e. The Bertz CT molecular complexity index is 828. The molecule has 0 fully saturated rings. The molecule has 1 unspecified atom stereocenters. The van der Waals surface area contributed by atoms with Crippen LogP contribution in [0.5, 0.6) is 5.75 Å². The lowest BCUT2D eigenvalue weighted by Crippen LogP contribution is -2.16. The van der Waals surface area contributed by atoms with E-state index in [1.165, 1.54) is 0 Å². The van der Waals surface area contributed by atoms with Crippen LogP contribution in [-0.2, 0) is 4.74 Å². The minimum absolute atomic E-state index is 0.0796. The van der Waals surface area contributed by atoms with Crippen LogP contribution >= 0.6 is 0 Å². The predicted molar refractivity (Wildman–Crippen MR) is 110 cm³/mol. The largest absolute Gasteiger partial charge is 0.490 e. The van der Waals surface area contributed by atoms with Crippen LogP contribution in [0, 0.1) is 6.57 Å². The van der Waals surface area contributed by atoms with Gasteiger partial charge in [0.2, 0.25) is 6.54 Å². The molecular formula is C24H23NO2. The molecule has 0 aliphatic rings. The standard InChI is InChI=1S/C24H23NO2/c1-19(18-25-2)26-16-17-27-24-22(20-10-5-3-6-11-20)14-9-15-23(24)21-12-7-4-8-13-21/h3-15,19H,16-18H2,1H3. The summed E-state index contributed by atoms with van der Waals surface area (Å²) >= 11 is 0. The van der Waals surface area contributed by atoms with E-state index in [-0.39, 0.29) is 6.10 Å². The Morgan fingerprint density at radius 2 is 1.33 bits per heavy atom. The molecule has 0 aliphatic heterocycles. The van der Waals surface area contributed by atoms with Crippen LogP contribution in [0.25, 0.3) is 27.1 Å². The van der Waals surface area contributed by atoms with Crippen molar-refractivity contribution in [2.45, 2.75) is 13.0 Å². The monoisotopic (exact) mass is 357 g/mol. The van der Waals surface area contributed by atoms with Crippen molar-refractivity contribution in [2.75, 3.05) is 19.8 Å². The van der Waals surface area contributed by atoms with Crippen molar-refractivity contribution < 1.29 is 9.47 Å². The number of hydrogen-bond donors (Lipinski definition) is 0. The van der Waals surface area contributed by atoms with Gasteiger partial charge in [0, 0.05) is 11.1 Å². The molecule has 3 heteroatoms. The molecule has 136 valence electrons. The van der Waals surface area contributed by atoms with E-state index in [4.69, 9.17) is 16.0 Å². The van der Waals surface area contributed by atoms with Crippen LogP contribution in [0.15, 0.2) is 78.9 Å². The third kappa shape index (κ3) is 4.97. The molecule has 0 aliphatic carbocycles. The number of hydrogen-bond acceptors (Lipinski definition) is 2. The van der Waals surface area contributed by atoms with Gasteiger partial charge in [-0.2, -0.15) is 0 Å². The van der Waals surface area contributed by atoms with Crippen LogP contribution in [0.1, 0.15) is 6.92 Å². The van der Waals surface area contributed by atoms with Gasteiger partial charge in [-0.05, 0) is 18.1 Å². The lowest BCUT2D eigenvalue weighted by atomic mass is 9.97. The summed E-state index contributed by atoms with van der Waals surface area (Å²) in [4.78, 5) is 3.36. The van der Waals surface area contributed by atoms with Gasteiger partial charge < -0.3 is 14.3 Å². The van der Waals surface area contributed by atoms with Gasteiger partial charge in [-0.15, -0.1) is 0 Å². The van der Waals surface area contributed by atoms with Crippen LogP contribution in [0.4, 0.5) is 0 Å². The summed E-state index contributed by atoms with van der Waals surface area (Å²) in [5.41, 5.74) is 4.36. The first-order valence-electron chi connectivity index (χ1n) is 9.11. The molecule has 3 aromatic rings. The lowest BCUT2D eigenvalue weighted by Gasteiger charge is -2.17. The Morgan fingerprint density at radius 3 is 1.85 bits per heavy atom. The maximum Gasteiger partial charge on any atom is 0.240 e. The lowest BCUT2D eigenvalue weighted by molar-refractivity contribution is 0.0539. The van der Waals surface area contributed by atoms with Crippen molar-refractivity contribution in [3.8, 4) is 28.0 Å². The topological polar surface area (TPSA) is 22.8 Å². The van der Waals surface area contributed by atoms with E-state index < -0.39 is 0 Å². The summed E-state index contributed by atoms with van der Waals surface area (Å²) in [7, 11) is 0. The molecule has 3 rings (SSSR count). The number of rotatable bonds is 8. The zero-order valence-electron chi connectivity index (χ0n) is 15.5. The number of nitrogens with zero attached hydrogens (tertiary/aromatic N) is 1. The van der Waals surface area contributed by atoms with Crippen molar-refractivity contribution in [2.24, 2.45) is 0 Å². The van der Waals surface area contributed by atoms with Gasteiger partial charge in [0.1, 0.15) is 18.5 Å². The maximum atomic E-state index is 6.91. The fourth-order valence-corrected chi connectivity index (χ4v) is 2.96. The van der Waals surface area contributed by atoms with E-state index in [0.717, 1.165) is 28.0 Å². The Balaban J connectivity index is 1.88. The average molecular weight is 357 g/mol. The Hall–Kier alpha value is -3.09. The van der Waals surface area contributed by atoms with E-state index >= 15 is 0 Å². The first-order valence-corrected chi connectivity index (χ1v) is 9.11. The van der Waals surface area contributed by atoms with Gasteiger partial charge in [-0.3, -0.25) is 0 Å². The Morgan fingerprint density at radius 1 is 0.778 bits per heavy atom. The average Bonchev–Trinajstić information content (AvgIpc) is 2.72. The van der Waals surface area contributed by atoms with Crippen molar-refractivity contribution in [1.29, 1.82) is 0 Å². The molecule has 0 aromatic heterocycles. The second-order valence-electron chi connectivity index (χ2n) is 6.28. The van der Waals surface area contributed by atoms with Gasteiger partial charge in [0.15, 0.2) is 0 Å². The van der Waals surface area contributed by atoms with Crippen LogP contribution < -0.4 is 4.74 Å². The highest BCUT2D eigenvalue weighted by atomic mass is 16.5. The minimum atomic E-state index is -0.0796. The molecule has 3 aromatic carbocycles. The first kappa shape index (κ1) is 18.7. The smallest absolute Gasteiger partial charge is 0.240 e. The molecule has 0 bridgehead atoms. The van der Waals surface area contributed by atoms with Gasteiger partial charge in [-0.25, -0.2) is 6.57 Å². The molecule has 0 N–H and O–H groups in total. The van der Waals surface area contributed by atoms with Crippen molar-refractivity contribution in [3.05, 3.63) is 90.3 Å². The van der Waals surface area contributed by atoms with Gasteiger partial charge in [0.05, 0.1) is 6.61 Å². The summed E-state index contributed by atoms with van der Waals surface area (Å²) in [5, 5.41) is 0. The molecule has 0 heterocycles. The van der Waals surface area contributed by atoms with E-state index in [9.17, 15) is 0 Å². The van der Waals surface area contributed by atoms with Crippen LogP contribution in [0.3, 0.4) is 0 Å². The predicted octanol–water partition coefficient (Wildman–Crippen LogP) is 5.72. The van der Waals surface area contributed by atoms with E-state index in [2.05, 4.69) is 47.3 Å². The summed E-state index contributed by atoms with van der Waals surface area (Å²) in [6.45, 7) is 10.1. The Kier molecular flexibility index (Phi) is 6.62. The highest BCUT2D eigenvalue weighted by molar-refractivity contribution is 5.82. The van der Waals surface area contributed by atoms with Gasteiger partial charge in [-0.1, -0.05) is 78.9 Å². The SMILES string of the molecule is [C-]#[N+]CC(C)OCCOc1c(-c2ccccc2)cccc1-c1ccccc1. The summed E-state index contributed by atoms with van der Waals surface area (Å²) in [6.07, 6.45) is -0.0796. The molecule has 1 atom stereocenters. The van der Waals surface area contributed by atoms with E-state index in [1.54, 1.807) is 0 Å². The molecule has 3 nitrogen and oxygen atoms in total. The highest BCUT2D eigenvalue weighted by Gasteiger charge is 2.13. The number of ether oxygens (including phenoxy) is 2.